The van der Waals surface area contributed by atoms with E-state index in [0.29, 0.717) is 16.1 Å². The highest BCUT2D eigenvalue weighted by Gasteiger charge is 2.35. The number of hydrogen-bond acceptors (Lipinski definition) is 4. The summed E-state index contributed by atoms with van der Waals surface area (Å²) in [5.41, 5.74) is 2.97. The fourth-order valence-electron chi connectivity index (χ4n) is 3.51. The number of benzene rings is 3. The monoisotopic (exact) mass is 565 g/mol. The fourth-order valence-corrected chi connectivity index (χ4v) is 5.17. The minimum Gasteiger partial charge on any atom is -0.271 e. The molecule has 0 aromatic heterocycles. The molecule has 0 saturated heterocycles. The van der Waals surface area contributed by atoms with Gasteiger partial charge >= 0.3 is 6.18 Å². The first-order valence-corrected chi connectivity index (χ1v) is 13.3. The minimum absolute atomic E-state index is 0.0425. The molecule has 3 aromatic carbocycles. The maximum absolute atomic E-state index is 13.5. The Morgan fingerprint density at radius 3 is 2.13 bits per heavy atom. The van der Waals surface area contributed by atoms with Gasteiger partial charge in [-0.25, -0.2) is 13.8 Å². The Hall–Kier alpha value is -3.37. The van der Waals surface area contributed by atoms with E-state index < -0.39 is 39.2 Å². The van der Waals surface area contributed by atoms with Crippen molar-refractivity contribution in [3.8, 4) is 0 Å². The number of hydrazone groups is 1. The third-order valence-corrected chi connectivity index (χ3v) is 7.80. The number of sulfonamides is 1. The summed E-state index contributed by atoms with van der Waals surface area (Å²) in [5, 5.41) is 3.46. The molecule has 0 fully saturated rings. The lowest BCUT2D eigenvalue weighted by Crippen LogP contribution is -2.40. The zero-order valence-corrected chi connectivity index (χ0v) is 22.7. The molecule has 3 aromatic rings. The Bertz CT molecular complexity index is 1430. The second kappa shape index (κ2) is 11.2. The van der Waals surface area contributed by atoms with Crippen molar-refractivity contribution in [2.24, 2.45) is 5.10 Å². The van der Waals surface area contributed by atoms with Gasteiger partial charge < -0.3 is 0 Å². The molecule has 3 rings (SSSR count). The van der Waals surface area contributed by atoms with Crippen molar-refractivity contribution in [3.05, 3.63) is 94.5 Å². The standard InChI is InChI=1S/C27H27ClF3N3O3S/c1-18(19-10-12-20(13-11-19)26(2,3)4)32-33-25(35)17-34(38(36,37)22-8-6-5-7-9-22)21-14-15-24(28)23(16-21)27(29,30)31/h5-16H,17H2,1-4H3,(H,33,35)/b32-18-. The van der Waals surface area contributed by atoms with Crippen LogP contribution in [-0.2, 0) is 26.4 Å². The number of carbonyl (C=O) groups excluding carboxylic acids is 1. The molecule has 11 heteroatoms. The summed E-state index contributed by atoms with van der Waals surface area (Å²) in [5.74, 6) is -0.848. The summed E-state index contributed by atoms with van der Waals surface area (Å²) < 4.78 is 67.8. The van der Waals surface area contributed by atoms with Gasteiger partial charge in [-0.15, -0.1) is 0 Å². The first-order valence-electron chi connectivity index (χ1n) is 11.5. The largest absolute Gasteiger partial charge is 0.417 e. The van der Waals surface area contributed by atoms with Gasteiger partial charge in [0, 0.05) is 0 Å². The topological polar surface area (TPSA) is 78.8 Å². The van der Waals surface area contributed by atoms with Crippen molar-refractivity contribution in [1.29, 1.82) is 0 Å². The van der Waals surface area contributed by atoms with Gasteiger partial charge in [-0.2, -0.15) is 18.3 Å². The van der Waals surface area contributed by atoms with Crippen LogP contribution in [-0.4, -0.2) is 26.6 Å². The lowest BCUT2D eigenvalue weighted by Gasteiger charge is -2.25. The Morgan fingerprint density at radius 1 is 0.974 bits per heavy atom. The van der Waals surface area contributed by atoms with Crippen LogP contribution in [0.1, 0.15) is 44.4 Å². The van der Waals surface area contributed by atoms with Gasteiger partial charge in [0.2, 0.25) is 0 Å². The molecule has 0 unspecified atom stereocenters. The maximum Gasteiger partial charge on any atom is 0.417 e. The predicted octanol–water partition coefficient (Wildman–Crippen LogP) is 6.39. The number of halogens is 4. The molecule has 0 aliphatic heterocycles. The highest BCUT2D eigenvalue weighted by atomic mass is 35.5. The molecule has 0 heterocycles. The highest BCUT2D eigenvalue weighted by molar-refractivity contribution is 7.92. The molecule has 0 spiro atoms. The number of nitrogens with one attached hydrogen (secondary N) is 1. The Kier molecular flexibility index (Phi) is 8.58. The van der Waals surface area contributed by atoms with Crippen LogP contribution in [0.25, 0.3) is 0 Å². The van der Waals surface area contributed by atoms with Gasteiger partial charge in [0.25, 0.3) is 15.9 Å². The van der Waals surface area contributed by atoms with Crippen molar-refractivity contribution in [1.82, 2.24) is 5.43 Å². The van der Waals surface area contributed by atoms with Crippen molar-refractivity contribution in [2.45, 2.75) is 44.2 Å². The summed E-state index contributed by atoms with van der Waals surface area (Å²) in [6.45, 7) is 7.08. The van der Waals surface area contributed by atoms with Crippen LogP contribution in [0.4, 0.5) is 18.9 Å². The fraction of sp³-hybridized carbons (Fsp3) is 0.259. The van der Waals surface area contributed by atoms with E-state index in [1.807, 2.05) is 24.3 Å². The molecule has 0 saturated carbocycles. The second-order valence-electron chi connectivity index (χ2n) is 9.55. The third-order valence-electron chi connectivity index (χ3n) is 5.68. The number of nitrogens with zero attached hydrogens (tertiary/aromatic N) is 2. The highest BCUT2D eigenvalue weighted by Crippen LogP contribution is 2.38. The summed E-state index contributed by atoms with van der Waals surface area (Å²) in [6.07, 6.45) is -4.83. The lowest BCUT2D eigenvalue weighted by atomic mass is 9.86. The van der Waals surface area contributed by atoms with Crippen LogP contribution in [0.3, 0.4) is 0 Å². The van der Waals surface area contributed by atoms with Gasteiger partial charge in [-0.3, -0.25) is 9.10 Å². The van der Waals surface area contributed by atoms with Crippen LogP contribution in [0.2, 0.25) is 5.02 Å². The number of amides is 1. The third kappa shape index (κ3) is 6.93. The Morgan fingerprint density at radius 2 is 1.58 bits per heavy atom. The number of hydrogen-bond donors (Lipinski definition) is 1. The summed E-state index contributed by atoms with van der Waals surface area (Å²) >= 11 is 5.71. The summed E-state index contributed by atoms with van der Waals surface area (Å²) in [7, 11) is -4.42. The summed E-state index contributed by atoms with van der Waals surface area (Å²) in [4.78, 5) is 12.6. The van der Waals surface area contributed by atoms with E-state index in [1.165, 1.54) is 24.3 Å². The molecular weight excluding hydrogens is 539 g/mol. The van der Waals surface area contributed by atoms with Crippen molar-refractivity contribution >= 4 is 38.9 Å². The van der Waals surface area contributed by atoms with Crippen LogP contribution >= 0.6 is 11.6 Å². The Balaban J connectivity index is 1.92. The predicted molar refractivity (Wildman–Crippen MR) is 143 cm³/mol. The molecule has 0 atom stereocenters. The van der Waals surface area contributed by atoms with Crippen LogP contribution in [0, 0.1) is 0 Å². The molecular formula is C27H27ClF3N3O3S. The van der Waals surface area contributed by atoms with E-state index in [0.717, 1.165) is 23.3 Å². The smallest absolute Gasteiger partial charge is 0.271 e. The van der Waals surface area contributed by atoms with Crippen molar-refractivity contribution in [2.75, 3.05) is 10.8 Å². The molecule has 0 radical (unpaired) electrons. The van der Waals surface area contributed by atoms with Gasteiger partial charge in [0.15, 0.2) is 0 Å². The zero-order chi connectivity index (χ0) is 28.3. The van der Waals surface area contributed by atoms with E-state index >= 15 is 0 Å². The lowest BCUT2D eigenvalue weighted by molar-refractivity contribution is -0.137. The van der Waals surface area contributed by atoms with Gasteiger partial charge in [-0.1, -0.05) is 74.8 Å². The zero-order valence-electron chi connectivity index (χ0n) is 21.2. The summed E-state index contributed by atoms with van der Waals surface area (Å²) in [6, 6.07) is 17.3. The average molecular weight is 566 g/mol. The molecule has 0 aliphatic carbocycles. The molecule has 202 valence electrons. The molecule has 6 nitrogen and oxygen atoms in total. The van der Waals surface area contributed by atoms with Gasteiger partial charge in [0.05, 0.1) is 26.9 Å². The maximum atomic E-state index is 13.5. The number of carbonyl (C=O) groups is 1. The number of alkyl halides is 3. The molecule has 0 aliphatic rings. The second-order valence-corrected chi connectivity index (χ2v) is 11.8. The molecule has 0 bridgehead atoms. The quantitative estimate of drug-likeness (QED) is 0.266. The molecule has 38 heavy (non-hydrogen) atoms. The Labute approximate surface area is 225 Å². The van der Waals surface area contributed by atoms with Crippen LogP contribution in [0.5, 0.6) is 0 Å². The van der Waals surface area contributed by atoms with Gasteiger partial charge in [-0.05, 0) is 53.8 Å². The number of anilines is 1. The average Bonchev–Trinajstić information content (AvgIpc) is 2.85. The minimum atomic E-state index is -4.83. The first-order chi connectivity index (χ1) is 17.6. The van der Waals surface area contributed by atoms with Crippen LogP contribution in [0.15, 0.2) is 82.8 Å². The van der Waals surface area contributed by atoms with E-state index in [1.54, 1.807) is 13.0 Å². The molecule has 1 N–H and O–H groups in total. The van der Waals surface area contributed by atoms with Crippen molar-refractivity contribution < 1.29 is 26.4 Å². The SMILES string of the molecule is C/C(=N/NC(=O)CN(c1ccc(Cl)c(C(F)(F)F)c1)S(=O)(=O)c1ccccc1)c1ccc(C(C)(C)C)cc1. The molecule has 1 amide bonds. The van der Waals surface area contributed by atoms with E-state index in [4.69, 9.17) is 11.6 Å². The van der Waals surface area contributed by atoms with E-state index in [-0.39, 0.29) is 16.0 Å². The van der Waals surface area contributed by atoms with Gasteiger partial charge in [0.1, 0.15) is 6.54 Å². The number of rotatable bonds is 7. The van der Waals surface area contributed by atoms with E-state index in [2.05, 4.69) is 31.3 Å². The van der Waals surface area contributed by atoms with E-state index in [9.17, 15) is 26.4 Å². The van der Waals surface area contributed by atoms with Crippen molar-refractivity contribution in [3.63, 3.8) is 0 Å². The van der Waals surface area contributed by atoms with Crippen LogP contribution < -0.4 is 9.73 Å². The normalized spacial score (nSPS) is 12.8. The first kappa shape index (κ1) is 29.2.